The van der Waals surface area contributed by atoms with E-state index < -0.39 is 10.0 Å². The molecule has 0 spiro atoms. The van der Waals surface area contributed by atoms with Crippen LogP contribution in [-0.2, 0) is 19.6 Å². The fraction of sp³-hybridized carbons (Fsp3) is 0.917. The maximum absolute atomic E-state index is 12.2. The second kappa shape index (κ2) is 6.84. The van der Waals surface area contributed by atoms with Crippen molar-refractivity contribution >= 4 is 16.0 Å². The number of piperazine rings is 1. The summed E-state index contributed by atoms with van der Waals surface area (Å²) in [6.07, 6.45) is 0.477. The van der Waals surface area contributed by atoms with Gasteiger partial charge in [-0.25, -0.2) is 8.42 Å². The van der Waals surface area contributed by atoms with E-state index in [1.807, 2.05) is 0 Å². The fourth-order valence-electron chi connectivity index (χ4n) is 2.51. The van der Waals surface area contributed by atoms with E-state index >= 15 is 0 Å². The molecule has 0 aromatic heterocycles. The van der Waals surface area contributed by atoms with Crippen molar-refractivity contribution in [2.24, 2.45) is 0 Å². The number of rotatable bonds is 6. The summed E-state index contributed by atoms with van der Waals surface area (Å²) in [4.78, 5) is 13.3. The van der Waals surface area contributed by atoms with Gasteiger partial charge in [0.2, 0.25) is 10.0 Å². The van der Waals surface area contributed by atoms with Crippen LogP contribution in [0.1, 0.15) is 12.8 Å². The molecule has 2 aliphatic rings. The normalized spacial score (nSPS) is 22.4. The molecule has 0 saturated carbocycles. The first-order valence-corrected chi connectivity index (χ1v) is 8.63. The van der Waals surface area contributed by atoms with E-state index in [1.165, 1.54) is 7.11 Å². The molecule has 7 nitrogen and oxygen atoms in total. The number of nitrogens with zero attached hydrogens (tertiary/aromatic N) is 2. The zero-order valence-corrected chi connectivity index (χ0v) is 12.7. The van der Waals surface area contributed by atoms with Crippen molar-refractivity contribution in [2.75, 3.05) is 52.1 Å². The molecule has 0 aromatic carbocycles. The highest BCUT2D eigenvalue weighted by Gasteiger charge is 2.31. The molecule has 116 valence electrons. The minimum Gasteiger partial charge on any atom is -0.469 e. The number of carbonyl (C=O) groups excluding carboxylic acids is 1. The average molecular weight is 305 g/mol. The van der Waals surface area contributed by atoms with E-state index in [2.05, 4.69) is 15.0 Å². The number of ether oxygens (including phenoxy) is 1. The Labute approximate surface area is 120 Å². The quantitative estimate of drug-likeness (QED) is 0.625. The highest BCUT2D eigenvalue weighted by atomic mass is 32.2. The van der Waals surface area contributed by atoms with E-state index in [0.29, 0.717) is 25.6 Å². The van der Waals surface area contributed by atoms with Crippen LogP contribution in [0, 0.1) is 0 Å². The van der Waals surface area contributed by atoms with Crippen molar-refractivity contribution in [3.63, 3.8) is 0 Å². The summed E-state index contributed by atoms with van der Waals surface area (Å²) in [5, 5.41) is 3.23. The van der Waals surface area contributed by atoms with Crippen LogP contribution in [0.15, 0.2) is 0 Å². The number of hydrogen-bond acceptors (Lipinski definition) is 6. The summed E-state index contributed by atoms with van der Waals surface area (Å²) in [6.45, 7) is 4.71. The Morgan fingerprint density at radius 2 is 1.90 bits per heavy atom. The summed E-state index contributed by atoms with van der Waals surface area (Å²) < 4.78 is 30.4. The molecule has 0 amide bonds. The van der Waals surface area contributed by atoms with Gasteiger partial charge >= 0.3 is 5.97 Å². The zero-order chi connectivity index (χ0) is 14.6. The molecule has 1 N–H and O–H groups in total. The van der Waals surface area contributed by atoms with Crippen molar-refractivity contribution in [3.05, 3.63) is 0 Å². The number of hydrogen-bond donors (Lipinski definition) is 1. The van der Waals surface area contributed by atoms with E-state index in [1.54, 1.807) is 4.31 Å². The topological polar surface area (TPSA) is 79.0 Å². The summed E-state index contributed by atoms with van der Waals surface area (Å²) >= 11 is 0. The SMILES string of the molecule is COC(=O)CCCS(=O)(=O)N1CCN(C2CNC2)CC1. The Morgan fingerprint density at radius 1 is 1.25 bits per heavy atom. The summed E-state index contributed by atoms with van der Waals surface area (Å²) in [7, 11) is -1.93. The van der Waals surface area contributed by atoms with Crippen LogP contribution in [-0.4, -0.2) is 81.8 Å². The van der Waals surface area contributed by atoms with Gasteiger partial charge in [-0.1, -0.05) is 0 Å². The van der Waals surface area contributed by atoms with Crippen LogP contribution >= 0.6 is 0 Å². The molecule has 8 heteroatoms. The van der Waals surface area contributed by atoms with Gasteiger partial charge in [0.15, 0.2) is 0 Å². The third-order valence-electron chi connectivity index (χ3n) is 3.95. The highest BCUT2D eigenvalue weighted by Crippen LogP contribution is 2.13. The molecule has 0 aromatic rings. The predicted octanol–water partition coefficient (Wildman–Crippen LogP) is -1.14. The minimum absolute atomic E-state index is 0.0209. The average Bonchev–Trinajstić information content (AvgIpc) is 2.37. The van der Waals surface area contributed by atoms with Gasteiger partial charge in [0.1, 0.15) is 0 Å². The molecule has 2 rings (SSSR count). The number of nitrogens with one attached hydrogen (secondary N) is 1. The molecular formula is C12H23N3O4S. The Bertz CT molecular complexity index is 428. The van der Waals surface area contributed by atoms with E-state index in [9.17, 15) is 13.2 Å². The van der Waals surface area contributed by atoms with Crippen molar-refractivity contribution in [1.82, 2.24) is 14.5 Å². The predicted molar refractivity (Wildman–Crippen MR) is 74.8 cm³/mol. The minimum atomic E-state index is -3.24. The summed E-state index contributed by atoms with van der Waals surface area (Å²) in [5.74, 6) is -0.338. The van der Waals surface area contributed by atoms with Gasteiger partial charge in [-0.3, -0.25) is 9.69 Å². The van der Waals surface area contributed by atoms with Crippen molar-refractivity contribution < 1.29 is 17.9 Å². The van der Waals surface area contributed by atoms with E-state index in [0.717, 1.165) is 26.2 Å². The van der Waals surface area contributed by atoms with Crippen LogP contribution in [0.3, 0.4) is 0 Å². The van der Waals surface area contributed by atoms with Crippen LogP contribution in [0.5, 0.6) is 0 Å². The second-order valence-corrected chi connectivity index (χ2v) is 7.33. The van der Waals surface area contributed by atoms with Gasteiger partial charge in [0.25, 0.3) is 0 Å². The zero-order valence-electron chi connectivity index (χ0n) is 11.9. The first kappa shape index (κ1) is 15.7. The van der Waals surface area contributed by atoms with E-state index in [-0.39, 0.29) is 18.1 Å². The molecule has 0 atom stereocenters. The third-order valence-corrected chi connectivity index (χ3v) is 5.91. The van der Waals surface area contributed by atoms with Gasteiger partial charge in [-0.2, -0.15) is 4.31 Å². The number of carbonyl (C=O) groups is 1. The highest BCUT2D eigenvalue weighted by molar-refractivity contribution is 7.89. The molecule has 2 heterocycles. The Balaban J connectivity index is 1.74. The number of sulfonamides is 1. The van der Waals surface area contributed by atoms with Gasteiger partial charge in [-0.05, 0) is 6.42 Å². The lowest BCUT2D eigenvalue weighted by Crippen LogP contribution is -2.62. The maximum atomic E-state index is 12.2. The first-order valence-electron chi connectivity index (χ1n) is 7.02. The monoisotopic (exact) mass is 305 g/mol. The Morgan fingerprint density at radius 3 is 2.40 bits per heavy atom. The molecular weight excluding hydrogens is 282 g/mol. The smallest absolute Gasteiger partial charge is 0.305 e. The van der Waals surface area contributed by atoms with Gasteiger partial charge in [-0.15, -0.1) is 0 Å². The van der Waals surface area contributed by atoms with Crippen LogP contribution in [0.25, 0.3) is 0 Å². The molecule has 2 fully saturated rings. The molecule has 0 bridgehead atoms. The lowest BCUT2D eigenvalue weighted by atomic mass is 10.1. The number of methoxy groups -OCH3 is 1. The molecule has 2 aliphatic heterocycles. The molecule has 0 aliphatic carbocycles. The van der Waals surface area contributed by atoms with Crippen LogP contribution in [0.2, 0.25) is 0 Å². The van der Waals surface area contributed by atoms with Crippen LogP contribution < -0.4 is 5.32 Å². The Hall–Kier alpha value is -0.700. The molecule has 0 unspecified atom stereocenters. The van der Waals surface area contributed by atoms with Gasteiger partial charge < -0.3 is 10.1 Å². The van der Waals surface area contributed by atoms with Crippen molar-refractivity contribution in [1.29, 1.82) is 0 Å². The number of esters is 1. The lowest BCUT2D eigenvalue weighted by Gasteiger charge is -2.42. The van der Waals surface area contributed by atoms with Crippen LogP contribution in [0.4, 0.5) is 0 Å². The molecule has 2 saturated heterocycles. The largest absolute Gasteiger partial charge is 0.469 e. The van der Waals surface area contributed by atoms with Crippen molar-refractivity contribution in [2.45, 2.75) is 18.9 Å². The summed E-state index contributed by atoms with van der Waals surface area (Å²) in [5.41, 5.74) is 0. The van der Waals surface area contributed by atoms with Gasteiger partial charge in [0.05, 0.1) is 12.9 Å². The van der Waals surface area contributed by atoms with Gasteiger partial charge in [0, 0.05) is 51.7 Å². The van der Waals surface area contributed by atoms with Crippen molar-refractivity contribution in [3.8, 4) is 0 Å². The third kappa shape index (κ3) is 3.91. The Kier molecular flexibility index (Phi) is 5.36. The standard InChI is InChI=1S/C12H23N3O4S/c1-19-12(16)3-2-8-20(17,18)15-6-4-14(5-7-15)11-9-13-10-11/h11,13H,2-10H2,1H3. The first-order chi connectivity index (χ1) is 9.53. The summed E-state index contributed by atoms with van der Waals surface area (Å²) in [6, 6.07) is 0.569. The lowest BCUT2D eigenvalue weighted by molar-refractivity contribution is -0.140. The second-order valence-electron chi connectivity index (χ2n) is 5.24. The van der Waals surface area contributed by atoms with E-state index in [4.69, 9.17) is 0 Å². The molecule has 0 radical (unpaired) electrons. The molecule has 20 heavy (non-hydrogen) atoms. The maximum Gasteiger partial charge on any atom is 0.305 e. The fourth-order valence-corrected chi connectivity index (χ4v) is 4.00.